The molecule has 5 heteroatoms. The molecule has 1 N–H and O–H groups in total. The summed E-state index contributed by atoms with van der Waals surface area (Å²) in [5, 5.41) is 3.07. The van der Waals surface area contributed by atoms with Crippen molar-refractivity contribution in [1.29, 1.82) is 0 Å². The Balaban J connectivity index is 1.39. The van der Waals surface area contributed by atoms with E-state index in [1.54, 1.807) is 6.08 Å². The molecule has 0 aliphatic rings. The molecule has 180 valence electrons. The van der Waals surface area contributed by atoms with Crippen LogP contribution in [0.1, 0.15) is 48.3 Å². The smallest absolute Gasteiger partial charge is 0.244 e. The van der Waals surface area contributed by atoms with Crippen LogP contribution < -0.4 is 10.1 Å². The van der Waals surface area contributed by atoms with Gasteiger partial charge in [-0.1, -0.05) is 54.6 Å². The Morgan fingerprint density at radius 1 is 1.00 bits per heavy atom. The van der Waals surface area contributed by atoms with E-state index in [1.807, 2.05) is 73.7 Å². The van der Waals surface area contributed by atoms with Crippen molar-refractivity contribution in [2.75, 3.05) is 6.61 Å². The number of nitrogens with zero attached hydrogens (tertiary/aromatic N) is 2. The Hall–Kier alpha value is -3.86. The highest BCUT2D eigenvalue weighted by atomic mass is 16.5. The van der Waals surface area contributed by atoms with Gasteiger partial charge in [0, 0.05) is 12.6 Å². The standard InChI is InChI=1S/C30H33N3O2/c1-22-12-11-17-28(23(22)2)35-21-10-9-20-33-27-16-8-7-15-26(27)32-30(33)24(3)31-29(34)19-18-25-13-5-4-6-14-25/h4-8,11-19,24H,9-10,20-21H2,1-3H3,(H,31,34)/b19-18-. The number of carbonyl (C=O) groups is 1. The summed E-state index contributed by atoms with van der Waals surface area (Å²) in [5.41, 5.74) is 5.45. The number of para-hydroxylation sites is 2. The lowest BCUT2D eigenvalue weighted by Gasteiger charge is -2.16. The highest BCUT2D eigenvalue weighted by molar-refractivity contribution is 5.92. The summed E-state index contributed by atoms with van der Waals surface area (Å²) >= 11 is 0. The first-order valence-corrected chi connectivity index (χ1v) is 12.2. The number of imidazole rings is 1. The molecule has 35 heavy (non-hydrogen) atoms. The second-order valence-corrected chi connectivity index (χ2v) is 8.84. The minimum absolute atomic E-state index is 0.137. The van der Waals surface area contributed by atoms with Crippen molar-refractivity contribution in [2.45, 2.75) is 46.2 Å². The van der Waals surface area contributed by atoms with Gasteiger partial charge in [-0.05, 0) is 74.6 Å². The van der Waals surface area contributed by atoms with Gasteiger partial charge in [-0.15, -0.1) is 0 Å². The van der Waals surface area contributed by atoms with Crippen LogP contribution in [-0.4, -0.2) is 22.1 Å². The molecule has 0 spiro atoms. The van der Waals surface area contributed by atoms with Crippen molar-refractivity contribution >= 4 is 23.0 Å². The van der Waals surface area contributed by atoms with E-state index in [0.29, 0.717) is 6.61 Å². The average Bonchev–Trinajstić information content (AvgIpc) is 3.24. The molecule has 4 aromatic rings. The fourth-order valence-electron chi connectivity index (χ4n) is 4.16. The fraction of sp³-hybridized carbons (Fsp3) is 0.267. The molecular weight excluding hydrogens is 434 g/mol. The van der Waals surface area contributed by atoms with Crippen LogP contribution in [0.25, 0.3) is 17.1 Å². The van der Waals surface area contributed by atoms with E-state index >= 15 is 0 Å². The molecule has 0 aliphatic carbocycles. The van der Waals surface area contributed by atoms with E-state index in [2.05, 4.69) is 35.9 Å². The molecule has 0 fully saturated rings. The van der Waals surface area contributed by atoms with E-state index in [4.69, 9.17) is 9.72 Å². The Bertz CT molecular complexity index is 1310. The Morgan fingerprint density at radius 3 is 2.60 bits per heavy atom. The van der Waals surface area contributed by atoms with Gasteiger partial charge in [0.1, 0.15) is 11.6 Å². The summed E-state index contributed by atoms with van der Waals surface area (Å²) in [5.74, 6) is 1.68. The van der Waals surface area contributed by atoms with Gasteiger partial charge in [0.05, 0.1) is 23.7 Å². The third-order valence-electron chi connectivity index (χ3n) is 6.25. The quantitative estimate of drug-likeness (QED) is 0.217. The predicted molar refractivity (Wildman–Crippen MR) is 142 cm³/mol. The van der Waals surface area contributed by atoms with Crippen molar-refractivity contribution in [3.8, 4) is 5.75 Å². The van der Waals surface area contributed by atoms with Gasteiger partial charge < -0.3 is 14.6 Å². The van der Waals surface area contributed by atoms with Gasteiger partial charge in [0.15, 0.2) is 0 Å². The first-order valence-electron chi connectivity index (χ1n) is 12.2. The number of nitrogens with one attached hydrogen (secondary N) is 1. The van der Waals surface area contributed by atoms with Gasteiger partial charge >= 0.3 is 0 Å². The minimum Gasteiger partial charge on any atom is -0.493 e. The Kier molecular flexibility index (Phi) is 7.99. The number of amides is 1. The topological polar surface area (TPSA) is 56.1 Å². The number of fused-ring (bicyclic) bond motifs is 1. The van der Waals surface area contributed by atoms with Crippen molar-refractivity contribution in [3.05, 3.63) is 101 Å². The van der Waals surface area contributed by atoms with Crippen LogP contribution in [0.15, 0.2) is 78.9 Å². The summed E-state index contributed by atoms with van der Waals surface area (Å²) in [4.78, 5) is 17.4. The molecule has 1 heterocycles. The van der Waals surface area contributed by atoms with Gasteiger partial charge in [-0.25, -0.2) is 4.98 Å². The van der Waals surface area contributed by atoms with Gasteiger partial charge in [0.2, 0.25) is 5.91 Å². The lowest BCUT2D eigenvalue weighted by molar-refractivity contribution is -0.117. The van der Waals surface area contributed by atoms with Crippen molar-refractivity contribution in [3.63, 3.8) is 0 Å². The van der Waals surface area contributed by atoms with Crippen molar-refractivity contribution in [2.24, 2.45) is 0 Å². The molecule has 0 saturated carbocycles. The van der Waals surface area contributed by atoms with Gasteiger partial charge in [-0.2, -0.15) is 0 Å². The monoisotopic (exact) mass is 467 g/mol. The number of rotatable bonds is 10. The van der Waals surface area contributed by atoms with Crippen LogP contribution in [0.4, 0.5) is 0 Å². The van der Waals surface area contributed by atoms with E-state index in [1.165, 1.54) is 11.1 Å². The molecule has 5 nitrogen and oxygen atoms in total. The lowest BCUT2D eigenvalue weighted by atomic mass is 10.1. The highest BCUT2D eigenvalue weighted by Gasteiger charge is 2.17. The van der Waals surface area contributed by atoms with Crippen LogP contribution in [-0.2, 0) is 11.3 Å². The van der Waals surface area contributed by atoms with Crippen molar-refractivity contribution in [1.82, 2.24) is 14.9 Å². The zero-order valence-electron chi connectivity index (χ0n) is 20.7. The lowest BCUT2D eigenvalue weighted by Crippen LogP contribution is -2.27. The Labute approximate surface area is 207 Å². The number of aromatic nitrogens is 2. The Morgan fingerprint density at radius 2 is 1.77 bits per heavy atom. The number of unbranched alkanes of at least 4 members (excludes halogenated alkanes) is 1. The first-order chi connectivity index (χ1) is 17.0. The first kappa shape index (κ1) is 24.3. The number of hydrogen-bond donors (Lipinski definition) is 1. The number of ether oxygens (including phenoxy) is 1. The normalized spacial score (nSPS) is 12.2. The number of hydrogen-bond acceptors (Lipinski definition) is 3. The van der Waals surface area contributed by atoms with Crippen LogP contribution in [0, 0.1) is 13.8 Å². The number of aryl methyl sites for hydroxylation is 2. The molecule has 0 radical (unpaired) electrons. The second-order valence-electron chi connectivity index (χ2n) is 8.84. The van der Waals surface area contributed by atoms with Crippen LogP contribution in [0.5, 0.6) is 5.75 Å². The van der Waals surface area contributed by atoms with E-state index in [0.717, 1.165) is 47.6 Å². The fourth-order valence-corrected chi connectivity index (χ4v) is 4.16. The third kappa shape index (κ3) is 6.18. The maximum absolute atomic E-state index is 12.6. The SMILES string of the molecule is Cc1cccc(OCCCCn2c(C(C)NC(=O)/C=C\c3ccccc3)nc3ccccc32)c1C. The molecule has 3 aromatic carbocycles. The van der Waals surface area contributed by atoms with Gasteiger partial charge in [-0.3, -0.25) is 4.79 Å². The van der Waals surface area contributed by atoms with E-state index in [-0.39, 0.29) is 11.9 Å². The van der Waals surface area contributed by atoms with Crippen molar-refractivity contribution < 1.29 is 9.53 Å². The molecule has 1 amide bonds. The summed E-state index contributed by atoms with van der Waals surface area (Å²) < 4.78 is 8.25. The summed E-state index contributed by atoms with van der Waals surface area (Å²) in [6.07, 6.45) is 5.27. The molecule has 1 aromatic heterocycles. The minimum atomic E-state index is -0.221. The van der Waals surface area contributed by atoms with E-state index < -0.39 is 0 Å². The molecule has 1 unspecified atom stereocenters. The molecule has 0 bridgehead atoms. The molecule has 4 rings (SSSR count). The van der Waals surface area contributed by atoms with Gasteiger partial charge in [0.25, 0.3) is 0 Å². The maximum atomic E-state index is 12.6. The number of benzene rings is 3. The average molecular weight is 468 g/mol. The second kappa shape index (κ2) is 11.5. The summed E-state index contributed by atoms with van der Waals surface area (Å²) in [7, 11) is 0. The van der Waals surface area contributed by atoms with Crippen LogP contribution in [0.2, 0.25) is 0 Å². The van der Waals surface area contributed by atoms with Crippen LogP contribution >= 0.6 is 0 Å². The predicted octanol–water partition coefficient (Wildman–Crippen LogP) is 6.40. The third-order valence-corrected chi connectivity index (χ3v) is 6.25. The summed E-state index contributed by atoms with van der Waals surface area (Å²) in [6.45, 7) is 7.66. The molecule has 0 aliphatic heterocycles. The zero-order chi connectivity index (χ0) is 24.6. The van der Waals surface area contributed by atoms with E-state index in [9.17, 15) is 4.79 Å². The zero-order valence-corrected chi connectivity index (χ0v) is 20.7. The molecular formula is C30H33N3O2. The summed E-state index contributed by atoms with van der Waals surface area (Å²) in [6, 6.07) is 23.9. The molecule has 0 saturated heterocycles. The van der Waals surface area contributed by atoms with Crippen LogP contribution in [0.3, 0.4) is 0 Å². The highest BCUT2D eigenvalue weighted by Crippen LogP contribution is 2.23. The largest absolute Gasteiger partial charge is 0.493 e. The maximum Gasteiger partial charge on any atom is 0.244 e. The molecule has 1 atom stereocenters. The number of carbonyl (C=O) groups excluding carboxylic acids is 1.